The molecule has 1 aromatic heterocycles. The highest BCUT2D eigenvalue weighted by Crippen LogP contribution is 2.25. The van der Waals surface area contributed by atoms with Crippen LogP contribution in [0.5, 0.6) is 11.6 Å². The molecule has 0 aliphatic rings. The third-order valence-corrected chi connectivity index (χ3v) is 4.92. The molecule has 8 nitrogen and oxygen atoms in total. The number of aromatic nitrogens is 1. The Balaban J connectivity index is 2.21. The van der Waals surface area contributed by atoms with Crippen LogP contribution in [-0.2, 0) is 14.8 Å². The van der Waals surface area contributed by atoms with E-state index in [1.54, 1.807) is 24.4 Å². The number of hydrogen-bond acceptors (Lipinski definition) is 6. The van der Waals surface area contributed by atoms with E-state index in [9.17, 15) is 13.2 Å². The maximum absolute atomic E-state index is 12.2. The maximum atomic E-state index is 12.2. The number of benzene rings is 1. The second-order valence-corrected chi connectivity index (χ2v) is 7.08. The molecular weight excluding hydrogens is 370 g/mol. The van der Waals surface area contributed by atoms with E-state index in [-0.39, 0.29) is 10.6 Å². The Bertz CT molecular complexity index is 942. The van der Waals surface area contributed by atoms with Crippen LogP contribution in [0.1, 0.15) is 12.5 Å². The Morgan fingerprint density at radius 3 is 2.74 bits per heavy atom. The van der Waals surface area contributed by atoms with Gasteiger partial charge < -0.3 is 14.8 Å². The van der Waals surface area contributed by atoms with E-state index in [0.29, 0.717) is 23.7 Å². The second-order valence-electron chi connectivity index (χ2n) is 5.23. The molecule has 9 heteroatoms. The molecule has 27 heavy (non-hydrogen) atoms. The van der Waals surface area contributed by atoms with Gasteiger partial charge in [0.05, 0.1) is 13.7 Å². The second kappa shape index (κ2) is 9.15. The average molecular weight is 391 g/mol. The summed E-state index contributed by atoms with van der Waals surface area (Å²) in [5, 5.41) is 2.68. The maximum Gasteiger partial charge on any atom is 0.248 e. The van der Waals surface area contributed by atoms with Crippen molar-refractivity contribution in [2.45, 2.75) is 11.8 Å². The van der Waals surface area contributed by atoms with Crippen molar-refractivity contribution < 1.29 is 22.7 Å². The van der Waals surface area contributed by atoms with Gasteiger partial charge >= 0.3 is 0 Å². The molecule has 0 fully saturated rings. The van der Waals surface area contributed by atoms with Crippen molar-refractivity contribution in [1.29, 1.82) is 0 Å². The predicted molar refractivity (Wildman–Crippen MR) is 102 cm³/mol. The Labute approximate surface area is 158 Å². The highest BCUT2D eigenvalue weighted by molar-refractivity contribution is 7.89. The van der Waals surface area contributed by atoms with Crippen molar-refractivity contribution in [2.24, 2.45) is 0 Å². The minimum Gasteiger partial charge on any atom is -0.495 e. The first-order valence-corrected chi connectivity index (χ1v) is 9.58. The third kappa shape index (κ3) is 5.28. The van der Waals surface area contributed by atoms with E-state index >= 15 is 0 Å². The molecule has 2 rings (SSSR count). The van der Waals surface area contributed by atoms with Gasteiger partial charge in [-0.3, -0.25) is 4.79 Å². The number of pyridine rings is 1. The van der Waals surface area contributed by atoms with Crippen LogP contribution < -0.4 is 19.5 Å². The fraction of sp³-hybridized carbons (Fsp3) is 0.222. The first kappa shape index (κ1) is 20.4. The van der Waals surface area contributed by atoms with Crippen LogP contribution in [0.3, 0.4) is 0 Å². The van der Waals surface area contributed by atoms with E-state index in [0.717, 1.165) is 0 Å². The zero-order chi connectivity index (χ0) is 19.9. The van der Waals surface area contributed by atoms with Crippen molar-refractivity contribution in [3.8, 4) is 11.6 Å². The Morgan fingerprint density at radius 2 is 2.07 bits per heavy atom. The minimum atomic E-state index is -3.70. The molecule has 1 heterocycles. The summed E-state index contributed by atoms with van der Waals surface area (Å²) in [7, 11) is -0.997. The fourth-order valence-corrected chi connectivity index (χ4v) is 3.13. The molecule has 2 N–H and O–H groups in total. The number of sulfonamides is 1. The third-order valence-electron chi connectivity index (χ3n) is 3.48. The van der Waals surface area contributed by atoms with Gasteiger partial charge in [-0.05, 0) is 49.9 Å². The van der Waals surface area contributed by atoms with Gasteiger partial charge in [0.15, 0.2) is 0 Å². The molecule has 0 radical (unpaired) electrons. The van der Waals surface area contributed by atoms with Crippen LogP contribution in [0, 0.1) is 0 Å². The predicted octanol–water partition coefficient (Wildman–Crippen LogP) is 2.05. The van der Waals surface area contributed by atoms with Crippen LogP contribution in [-0.4, -0.2) is 40.1 Å². The van der Waals surface area contributed by atoms with E-state index in [1.165, 1.54) is 38.4 Å². The molecule has 144 valence electrons. The van der Waals surface area contributed by atoms with Crippen molar-refractivity contribution in [1.82, 2.24) is 9.71 Å². The highest BCUT2D eigenvalue weighted by atomic mass is 32.2. The molecule has 0 atom stereocenters. The molecule has 0 saturated heterocycles. The van der Waals surface area contributed by atoms with Gasteiger partial charge in [-0.25, -0.2) is 18.1 Å². The summed E-state index contributed by atoms with van der Waals surface area (Å²) in [5.41, 5.74) is 0.971. The lowest BCUT2D eigenvalue weighted by Gasteiger charge is -2.10. The quantitative estimate of drug-likeness (QED) is 0.667. The summed E-state index contributed by atoms with van der Waals surface area (Å²) in [6, 6.07) is 7.95. The van der Waals surface area contributed by atoms with Gasteiger partial charge in [0.25, 0.3) is 0 Å². The lowest BCUT2D eigenvalue weighted by Crippen LogP contribution is -2.19. The number of nitrogens with one attached hydrogen (secondary N) is 2. The monoisotopic (exact) mass is 391 g/mol. The van der Waals surface area contributed by atoms with Gasteiger partial charge in [0, 0.05) is 12.3 Å². The van der Waals surface area contributed by atoms with Crippen LogP contribution in [0.2, 0.25) is 0 Å². The number of ether oxygens (including phenoxy) is 2. The molecule has 2 aromatic rings. The van der Waals surface area contributed by atoms with Crippen LogP contribution >= 0.6 is 0 Å². The minimum absolute atomic E-state index is 0.0130. The average Bonchev–Trinajstić information content (AvgIpc) is 2.68. The number of nitrogens with zero attached hydrogens (tertiary/aromatic N) is 1. The number of amides is 1. The standard InChI is InChI=1S/C18H21N3O5S/c1-4-26-18-14(6-5-11-20-18)21-17(22)10-8-13-7-9-15(25-3)16(12-13)27(23,24)19-2/h5-12,19H,4H2,1-3H3,(H,21,22)/b10-8+. The Hall–Kier alpha value is -2.91. The normalized spacial score (nSPS) is 11.4. The number of methoxy groups -OCH3 is 1. The van der Waals surface area contributed by atoms with Crippen LogP contribution in [0.4, 0.5) is 5.69 Å². The number of rotatable bonds is 8. The van der Waals surface area contributed by atoms with Gasteiger partial charge in [0.1, 0.15) is 16.3 Å². The summed E-state index contributed by atoms with van der Waals surface area (Å²) in [4.78, 5) is 16.2. The smallest absolute Gasteiger partial charge is 0.248 e. The topological polar surface area (TPSA) is 107 Å². The van der Waals surface area contributed by atoms with Crippen molar-refractivity contribution in [3.63, 3.8) is 0 Å². The molecule has 1 amide bonds. The molecule has 0 aliphatic heterocycles. The molecule has 0 saturated carbocycles. The van der Waals surface area contributed by atoms with Crippen molar-refractivity contribution >= 4 is 27.7 Å². The van der Waals surface area contributed by atoms with Crippen molar-refractivity contribution in [2.75, 3.05) is 26.1 Å². The number of carbonyl (C=O) groups excluding carboxylic acids is 1. The van der Waals surface area contributed by atoms with Gasteiger partial charge in [0.2, 0.25) is 21.8 Å². The lowest BCUT2D eigenvalue weighted by atomic mass is 10.2. The SMILES string of the molecule is CCOc1ncccc1NC(=O)/C=C/c1ccc(OC)c(S(=O)(=O)NC)c1. The molecule has 0 unspecified atom stereocenters. The number of carbonyl (C=O) groups is 1. The van der Waals surface area contributed by atoms with Gasteiger partial charge in [-0.1, -0.05) is 6.07 Å². The molecule has 1 aromatic carbocycles. The Kier molecular flexibility index (Phi) is 6.91. The number of anilines is 1. The largest absolute Gasteiger partial charge is 0.495 e. The van der Waals surface area contributed by atoms with Crippen molar-refractivity contribution in [3.05, 3.63) is 48.2 Å². The van der Waals surface area contributed by atoms with E-state index in [1.807, 2.05) is 6.92 Å². The zero-order valence-electron chi connectivity index (χ0n) is 15.2. The molecule has 0 spiro atoms. The van der Waals surface area contributed by atoms with Crippen LogP contribution in [0.15, 0.2) is 47.5 Å². The Morgan fingerprint density at radius 1 is 1.30 bits per heavy atom. The molecular formula is C18H21N3O5S. The highest BCUT2D eigenvalue weighted by Gasteiger charge is 2.17. The fourth-order valence-electron chi connectivity index (χ4n) is 2.20. The first-order chi connectivity index (χ1) is 12.9. The van der Waals surface area contributed by atoms with E-state index < -0.39 is 15.9 Å². The zero-order valence-corrected chi connectivity index (χ0v) is 16.0. The van der Waals surface area contributed by atoms with Crippen LogP contribution in [0.25, 0.3) is 6.08 Å². The summed E-state index contributed by atoms with van der Waals surface area (Å²) >= 11 is 0. The van der Waals surface area contributed by atoms with Gasteiger partial charge in [-0.15, -0.1) is 0 Å². The summed E-state index contributed by atoms with van der Waals surface area (Å²) in [6.45, 7) is 2.24. The molecule has 0 aliphatic carbocycles. The van der Waals surface area contributed by atoms with Gasteiger partial charge in [-0.2, -0.15) is 0 Å². The summed E-state index contributed by atoms with van der Waals surface area (Å²) in [6.07, 6.45) is 4.36. The lowest BCUT2D eigenvalue weighted by molar-refractivity contribution is -0.111. The molecule has 0 bridgehead atoms. The summed E-state index contributed by atoms with van der Waals surface area (Å²) in [5.74, 6) is 0.133. The number of hydrogen-bond donors (Lipinski definition) is 2. The van der Waals surface area contributed by atoms with E-state index in [4.69, 9.17) is 9.47 Å². The van der Waals surface area contributed by atoms with E-state index in [2.05, 4.69) is 15.0 Å². The summed E-state index contributed by atoms with van der Waals surface area (Å²) < 4.78 is 36.9. The first-order valence-electron chi connectivity index (χ1n) is 8.09.